The van der Waals surface area contributed by atoms with Crippen molar-refractivity contribution in [1.29, 1.82) is 0 Å². The van der Waals surface area contributed by atoms with Crippen molar-refractivity contribution in [2.24, 2.45) is 5.92 Å². The zero-order chi connectivity index (χ0) is 24.3. The van der Waals surface area contributed by atoms with Crippen molar-refractivity contribution in [1.82, 2.24) is 9.21 Å². The molecule has 2 aromatic carbocycles. The molecule has 34 heavy (non-hydrogen) atoms. The molecule has 4 rings (SSSR count). The fourth-order valence-electron chi connectivity index (χ4n) is 4.51. The van der Waals surface area contributed by atoms with E-state index >= 15 is 0 Å². The molecule has 186 valence electrons. The number of hydrogen-bond acceptors (Lipinski definition) is 6. The lowest BCUT2D eigenvalue weighted by Crippen LogP contribution is -2.48. The van der Waals surface area contributed by atoms with Gasteiger partial charge >= 0.3 is 0 Å². The lowest BCUT2D eigenvalue weighted by atomic mass is 10.0. The van der Waals surface area contributed by atoms with Crippen molar-refractivity contribution < 1.29 is 21.6 Å². The molecule has 1 saturated carbocycles. The molecule has 9 heteroatoms. The smallest absolute Gasteiger partial charge is 0.243 e. The van der Waals surface area contributed by atoms with Crippen molar-refractivity contribution >= 4 is 19.9 Å². The Bertz CT molecular complexity index is 1180. The van der Waals surface area contributed by atoms with E-state index in [0.29, 0.717) is 12.5 Å². The average Bonchev–Trinajstić information content (AvgIpc) is 3.66. The van der Waals surface area contributed by atoms with Crippen LogP contribution in [0.5, 0.6) is 5.75 Å². The first kappa shape index (κ1) is 25.2. The first-order chi connectivity index (χ1) is 16.2. The SMILES string of the molecule is COc1ccc(CCN2CCC(N(CC3CC3)S(=O)(=O)c3cccc(S(C)(=O)=O)c3)CC2)cc1. The molecule has 0 unspecified atom stereocenters. The predicted octanol–water partition coefficient (Wildman–Crippen LogP) is 3.21. The van der Waals surface area contributed by atoms with E-state index in [0.717, 1.165) is 63.7 Å². The van der Waals surface area contributed by atoms with Crippen LogP contribution < -0.4 is 4.74 Å². The van der Waals surface area contributed by atoms with Gasteiger partial charge < -0.3 is 9.64 Å². The highest BCUT2D eigenvalue weighted by Gasteiger charge is 2.38. The number of likely N-dealkylation sites (tertiary alicyclic amines) is 1. The molecule has 2 aromatic rings. The van der Waals surface area contributed by atoms with Crippen molar-refractivity contribution in [2.45, 2.75) is 47.9 Å². The summed E-state index contributed by atoms with van der Waals surface area (Å²) in [5, 5.41) is 0. The molecule has 0 amide bonds. The van der Waals surface area contributed by atoms with Crippen LogP contribution in [0.25, 0.3) is 0 Å². The maximum Gasteiger partial charge on any atom is 0.243 e. The van der Waals surface area contributed by atoms with Crippen molar-refractivity contribution in [3.63, 3.8) is 0 Å². The summed E-state index contributed by atoms with van der Waals surface area (Å²) in [5.74, 6) is 1.25. The first-order valence-electron chi connectivity index (χ1n) is 11.8. The molecule has 2 fully saturated rings. The van der Waals surface area contributed by atoms with Crippen LogP contribution in [0.15, 0.2) is 58.3 Å². The maximum absolute atomic E-state index is 13.6. The average molecular weight is 507 g/mol. The second kappa shape index (κ2) is 10.4. The second-order valence-corrected chi connectivity index (χ2v) is 13.3. The summed E-state index contributed by atoms with van der Waals surface area (Å²) in [6, 6.07) is 13.8. The van der Waals surface area contributed by atoms with Gasteiger partial charge in [-0.3, -0.25) is 0 Å². The van der Waals surface area contributed by atoms with Gasteiger partial charge in [-0.15, -0.1) is 0 Å². The van der Waals surface area contributed by atoms with Gasteiger partial charge in [-0.25, -0.2) is 16.8 Å². The van der Waals surface area contributed by atoms with Gasteiger partial charge in [-0.1, -0.05) is 18.2 Å². The third-order valence-electron chi connectivity index (χ3n) is 6.82. The molecule has 2 aliphatic rings. The van der Waals surface area contributed by atoms with Gasteiger partial charge in [0.25, 0.3) is 0 Å². The number of ether oxygens (including phenoxy) is 1. The maximum atomic E-state index is 13.6. The van der Waals surface area contributed by atoms with Gasteiger partial charge in [0.1, 0.15) is 5.75 Å². The van der Waals surface area contributed by atoms with Crippen LogP contribution in [0.2, 0.25) is 0 Å². The number of hydrogen-bond donors (Lipinski definition) is 0. The Morgan fingerprint density at radius 3 is 2.18 bits per heavy atom. The van der Waals surface area contributed by atoms with Crippen molar-refractivity contribution in [3.05, 3.63) is 54.1 Å². The fraction of sp³-hybridized carbons (Fsp3) is 0.520. The zero-order valence-corrected chi connectivity index (χ0v) is 21.5. The molecule has 0 spiro atoms. The van der Waals surface area contributed by atoms with E-state index in [1.54, 1.807) is 11.4 Å². The molecular formula is C25H34N2O5S2. The van der Waals surface area contributed by atoms with E-state index in [2.05, 4.69) is 17.0 Å². The number of nitrogens with zero attached hydrogens (tertiary/aromatic N) is 2. The molecule has 0 bridgehead atoms. The van der Waals surface area contributed by atoms with Crippen molar-refractivity contribution in [2.75, 3.05) is 39.5 Å². The number of benzene rings is 2. The zero-order valence-electron chi connectivity index (χ0n) is 19.9. The molecule has 1 aliphatic heterocycles. The Morgan fingerprint density at radius 2 is 1.59 bits per heavy atom. The number of sulfonamides is 1. The molecule has 0 N–H and O–H groups in total. The number of sulfone groups is 1. The Balaban J connectivity index is 1.42. The quantitative estimate of drug-likeness (QED) is 0.492. The van der Waals surface area contributed by atoms with Gasteiger partial charge in [0.15, 0.2) is 9.84 Å². The van der Waals surface area contributed by atoms with Gasteiger partial charge in [0.05, 0.1) is 16.9 Å². The highest BCUT2D eigenvalue weighted by Crippen LogP contribution is 2.34. The largest absolute Gasteiger partial charge is 0.497 e. The fourth-order valence-corrected chi connectivity index (χ4v) is 7.06. The summed E-state index contributed by atoms with van der Waals surface area (Å²) in [6.07, 6.45) is 5.70. The molecule has 7 nitrogen and oxygen atoms in total. The first-order valence-corrected chi connectivity index (χ1v) is 15.2. The van der Waals surface area contributed by atoms with Gasteiger partial charge in [0.2, 0.25) is 10.0 Å². The van der Waals surface area contributed by atoms with Crippen LogP contribution in [0.4, 0.5) is 0 Å². The van der Waals surface area contributed by atoms with Gasteiger partial charge in [-0.2, -0.15) is 4.31 Å². The minimum absolute atomic E-state index is 0.0355. The highest BCUT2D eigenvalue weighted by atomic mass is 32.2. The topological polar surface area (TPSA) is 84.0 Å². The lowest BCUT2D eigenvalue weighted by molar-refractivity contribution is 0.157. The van der Waals surface area contributed by atoms with Crippen LogP contribution >= 0.6 is 0 Å². The lowest BCUT2D eigenvalue weighted by Gasteiger charge is -2.38. The molecule has 0 atom stereocenters. The van der Waals surface area contributed by atoms with Crippen LogP contribution in [-0.2, 0) is 26.3 Å². The number of piperidine rings is 1. The number of rotatable bonds is 10. The van der Waals surface area contributed by atoms with E-state index in [1.807, 2.05) is 12.1 Å². The second-order valence-electron chi connectivity index (χ2n) is 9.44. The van der Waals surface area contributed by atoms with Crippen LogP contribution in [0, 0.1) is 5.92 Å². The Kier molecular flexibility index (Phi) is 7.66. The normalized spacial score (nSPS) is 18.3. The molecule has 0 aromatic heterocycles. The van der Waals surface area contributed by atoms with Gasteiger partial charge in [0, 0.05) is 25.4 Å². The number of methoxy groups -OCH3 is 1. The monoisotopic (exact) mass is 506 g/mol. The summed E-state index contributed by atoms with van der Waals surface area (Å²) in [6.45, 7) is 3.15. The van der Waals surface area contributed by atoms with E-state index in [-0.39, 0.29) is 15.8 Å². The van der Waals surface area contributed by atoms with E-state index < -0.39 is 19.9 Å². The summed E-state index contributed by atoms with van der Waals surface area (Å²) >= 11 is 0. The Morgan fingerprint density at radius 1 is 0.941 bits per heavy atom. The van der Waals surface area contributed by atoms with Gasteiger partial charge in [-0.05, 0) is 87.0 Å². The molecular weight excluding hydrogens is 472 g/mol. The minimum atomic E-state index is -3.78. The summed E-state index contributed by atoms with van der Waals surface area (Å²) in [4.78, 5) is 2.50. The summed E-state index contributed by atoms with van der Waals surface area (Å²) in [7, 11) is -5.60. The highest BCUT2D eigenvalue weighted by molar-refractivity contribution is 7.91. The van der Waals surface area contributed by atoms with E-state index in [1.165, 1.54) is 29.8 Å². The molecule has 0 radical (unpaired) electrons. The minimum Gasteiger partial charge on any atom is -0.497 e. The van der Waals surface area contributed by atoms with E-state index in [9.17, 15) is 16.8 Å². The Hall–Kier alpha value is -1.94. The third-order valence-corrected chi connectivity index (χ3v) is 9.84. The summed E-state index contributed by atoms with van der Waals surface area (Å²) < 4.78 is 58.1. The van der Waals surface area contributed by atoms with Crippen LogP contribution in [0.3, 0.4) is 0 Å². The van der Waals surface area contributed by atoms with Crippen LogP contribution in [-0.4, -0.2) is 71.6 Å². The third kappa shape index (κ3) is 6.19. The van der Waals surface area contributed by atoms with Crippen molar-refractivity contribution in [3.8, 4) is 5.75 Å². The Labute approximate surface area is 203 Å². The summed E-state index contributed by atoms with van der Waals surface area (Å²) in [5.41, 5.74) is 1.26. The molecule has 1 heterocycles. The predicted molar refractivity (Wildman–Crippen MR) is 132 cm³/mol. The van der Waals surface area contributed by atoms with Crippen LogP contribution in [0.1, 0.15) is 31.2 Å². The standard InChI is InChI=1S/C25H34N2O5S2/c1-32-23-10-8-20(9-11-23)12-15-26-16-13-22(14-17-26)27(19-21-6-7-21)34(30,31)25-5-3-4-24(18-25)33(2,28)29/h3-5,8-11,18,21-22H,6-7,12-17,19H2,1-2H3. The molecule has 1 saturated heterocycles. The van der Waals surface area contributed by atoms with E-state index in [4.69, 9.17) is 4.74 Å². The molecule has 1 aliphatic carbocycles.